The summed E-state index contributed by atoms with van der Waals surface area (Å²) in [5.41, 5.74) is 0.614. The largest absolute Gasteiger partial charge is 0.468 e. The summed E-state index contributed by atoms with van der Waals surface area (Å²) >= 11 is 3.49. The molecule has 1 saturated carbocycles. The first-order valence-corrected chi connectivity index (χ1v) is 9.37. The summed E-state index contributed by atoms with van der Waals surface area (Å²) in [6.07, 6.45) is 4.10. The number of likely N-dealkylation sites (N-methyl/N-ethyl adjacent to an activating group) is 1. The summed E-state index contributed by atoms with van der Waals surface area (Å²) in [5.74, 6) is 1.27. The second-order valence-electron chi connectivity index (χ2n) is 5.47. The molecule has 0 saturated heterocycles. The van der Waals surface area contributed by atoms with Crippen molar-refractivity contribution in [3.05, 3.63) is 11.1 Å². The van der Waals surface area contributed by atoms with Crippen LogP contribution in [-0.2, 0) is 9.53 Å². The molecule has 1 fully saturated rings. The molecule has 0 aliphatic heterocycles. The fraction of sp³-hybridized carbons (Fsp3) is 0.733. The number of hydrogen-bond acceptors (Lipinski definition) is 6. The van der Waals surface area contributed by atoms with Gasteiger partial charge in [-0.1, -0.05) is 25.1 Å². The predicted octanol–water partition coefficient (Wildman–Crippen LogP) is 3.26. The van der Waals surface area contributed by atoms with E-state index in [1.54, 1.807) is 23.1 Å². The highest BCUT2D eigenvalue weighted by molar-refractivity contribution is 8.01. The fourth-order valence-electron chi connectivity index (χ4n) is 3.23. The van der Waals surface area contributed by atoms with Crippen molar-refractivity contribution in [2.24, 2.45) is 5.92 Å². The van der Waals surface area contributed by atoms with E-state index < -0.39 is 5.54 Å². The second-order valence-corrected chi connectivity index (χ2v) is 7.67. The normalized spacial score (nSPS) is 25.2. The number of thiazole rings is 1. The van der Waals surface area contributed by atoms with Crippen LogP contribution in [0.25, 0.3) is 0 Å². The Morgan fingerprint density at radius 3 is 3.10 bits per heavy atom. The van der Waals surface area contributed by atoms with Gasteiger partial charge >= 0.3 is 5.97 Å². The quantitative estimate of drug-likeness (QED) is 0.615. The lowest BCUT2D eigenvalue weighted by molar-refractivity contribution is -0.150. The molecule has 0 amide bonds. The molecule has 4 nitrogen and oxygen atoms in total. The van der Waals surface area contributed by atoms with Crippen molar-refractivity contribution in [3.8, 4) is 0 Å². The van der Waals surface area contributed by atoms with Gasteiger partial charge in [-0.3, -0.25) is 4.79 Å². The van der Waals surface area contributed by atoms with Gasteiger partial charge in [-0.25, -0.2) is 4.98 Å². The Kier molecular flexibility index (Phi) is 6.08. The number of methoxy groups -OCH3 is 1. The van der Waals surface area contributed by atoms with E-state index in [4.69, 9.17) is 4.74 Å². The zero-order chi connectivity index (χ0) is 15.3. The third kappa shape index (κ3) is 3.79. The first-order chi connectivity index (χ1) is 10.1. The summed E-state index contributed by atoms with van der Waals surface area (Å²) in [4.78, 5) is 16.7. The van der Waals surface area contributed by atoms with Crippen LogP contribution < -0.4 is 5.32 Å². The van der Waals surface area contributed by atoms with Gasteiger partial charge in [0.25, 0.3) is 0 Å². The number of carbonyl (C=O) groups is 1. The summed E-state index contributed by atoms with van der Waals surface area (Å²) in [7, 11) is 1.49. The molecule has 1 aliphatic carbocycles. The third-order valence-electron chi connectivity index (χ3n) is 4.15. The zero-order valence-corrected chi connectivity index (χ0v) is 14.6. The molecular formula is C15H24N2O2S2. The van der Waals surface area contributed by atoms with Crippen molar-refractivity contribution < 1.29 is 9.53 Å². The Labute approximate surface area is 135 Å². The Hall–Kier alpha value is -0.590. The van der Waals surface area contributed by atoms with Crippen LogP contribution in [0, 0.1) is 12.8 Å². The first-order valence-electron chi connectivity index (χ1n) is 7.50. The number of hydrogen-bond donors (Lipinski definition) is 1. The number of esters is 1. The minimum Gasteiger partial charge on any atom is -0.468 e. The maximum atomic E-state index is 12.3. The van der Waals surface area contributed by atoms with Gasteiger partial charge in [-0.05, 0) is 38.6 Å². The van der Waals surface area contributed by atoms with Gasteiger partial charge in [0.2, 0.25) is 0 Å². The monoisotopic (exact) mass is 328 g/mol. The Balaban J connectivity index is 1.95. The van der Waals surface area contributed by atoms with Gasteiger partial charge in [0, 0.05) is 16.8 Å². The zero-order valence-electron chi connectivity index (χ0n) is 13.0. The molecule has 0 bridgehead atoms. The van der Waals surface area contributed by atoms with E-state index in [2.05, 4.69) is 15.7 Å². The van der Waals surface area contributed by atoms with E-state index in [1.807, 2.05) is 13.8 Å². The summed E-state index contributed by atoms with van der Waals surface area (Å²) < 4.78 is 6.19. The van der Waals surface area contributed by atoms with Crippen LogP contribution in [0.15, 0.2) is 9.72 Å². The van der Waals surface area contributed by atoms with Gasteiger partial charge in [0.15, 0.2) is 0 Å². The number of ether oxygens (including phenoxy) is 1. The van der Waals surface area contributed by atoms with E-state index in [0.717, 1.165) is 48.0 Å². The van der Waals surface area contributed by atoms with Crippen LogP contribution in [0.3, 0.4) is 0 Å². The van der Waals surface area contributed by atoms with Crippen LogP contribution in [0.1, 0.15) is 38.3 Å². The number of thioether (sulfide) groups is 1. The van der Waals surface area contributed by atoms with Gasteiger partial charge < -0.3 is 10.1 Å². The van der Waals surface area contributed by atoms with E-state index >= 15 is 0 Å². The number of rotatable bonds is 7. The smallest absolute Gasteiger partial charge is 0.326 e. The highest BCUT2D eigenvalue weighted by Gasteiger charge is 2.48. The predicted molar refractivity (Wildman–Crippen MR) is 88.0 cm³/mol. The van der Waals surface area contributed by atoms with Crippen molar-refractivity contribution in [2.75, 3.05) is 19.4 Å². The van der Waals surface area contributed by atoms with Crippen molar-refractivity contribution >= 4 is 29.1 Å². The third-order valence-corrected chi connectivity index (χ3v) is 6.32. The maximum absolute atomic E-state index is 12.3. The molecule has 0 spiro atoms. The van der Waals surface area contributed by atoms with Crippen LogP contribution >= 0.6 is 23.1 Å². The lowest BCUT2D eigenvalue weighted by Gasteiger charge is -2.33. The maximum Gasteiger partial charge on any atom is 0.326 e. The summed E-state index contributed by atoms with van der Waals surface area (Å²) in [6.45, 7) is 4.86. The summed E-state index contributed by atoms with van der Waals surface area (Å²) in [5, 5.41) is 5.49. The molecule has 2 atom stereocenters. The fourth-order valence-corrected chi connectivity index (χ4v) is 5.20. The molecule has 118 valence electrons. The van der Waals surface area contributed by atoms with Crippen molar-refractivity contribution in [1.82, 2.24) is 10.3 Å². The molecule has 1 heterocycles. The van der Waals surface area contributed by atoms with Crippen LogP contribution in [0.5, 0.6) is 0 Å². The Morgan fingerprint density at radius 1 is 1.67 bits per heavy atom. The van der Waals surface area contributed by atoms with E-state index in [9.17, 15) is 4.79 Å². The van der Waals surface area contributed by atoms with Gasteiger partial charge in [-0.2, -0.15) is 0 Å². The molecule has 1 aromatic heterocycles. The Bertz CT molecular complexity index is 478. The number of nitrogens with one attached hydrogen (secondary N) is 1. The van der Waals surface area contributed by atoms with Crippen LogP contribution in [-0.4, -0.2) is 35.9 Å². The van der Waals surface area contributed by atoms with Crippen LogP contribution in [0.4, 0.5) is 0 Å². The molecular weight excluding hydrogens is 304 g/mol. The van der Waals surface area contributed by atoms with Gasteiger partial charge in [0.1, 0.15) is 9.88 Å². The molecule has 2 rings (SSSR count). The SMILES string of the molecule is CCNC1(C(=O)OC)CCCC1CCSc1nc(C)cs1. The highest BCUT2D eigenvalue weighted by Crippen LogP contribution is 2.40. The molecule has 6 heteroatoms. The molecule has 0 radical (unpaired) electrons. The number of carbonyl (C=O) groups excluding carboxylic acids is 1. The molecule has 21 heavy (non-hydrogen) atoms. The number of aryl methyl sites for hydroxylation is 1. The average Bonchev–Trinajstić information content (AvgIpc) is 3.06. The Morgan fingerprint density at radius 2 is 2.48 bits per heavy atom. The van der Waals surface area contributed by atoms with Crippen molar-refractivity contribution in [3.63, 3.8) is 0 Å². The average molecular weight is 329 g/mol. The number of nitrogens with zero attached hydrogens (tertiary/aromatic N) is 1. The van der Waals surface area contributed by atoms with Gasteiger partial charge in [-0.15, -0.1) is 11.3 Å². The van der Waals surface area contributed by atoms with Crippen LogP contribution in [0.2, 0.25) is 0 Å². The molecule has 1 N–H and O–H groups in total. The van der Waals surface area contributed by atoms with Crippen molar-refractivity contribution in [1.29, 1.82) is 0 Å². The van der Waals surface area contributed by atoms with Crippen molar-refractivity contribution in [2.45, 2.75) is 49.4 Å². The topological polar surface area (TPSA) is 51.2 Å². The molecule has 0 aromatic carbocycles. The standard InChI is InChI=1S/C15H24N2O2S2/c1-4-16-15(13(18)19-3)8-5-6-12(15)7-9-20-14-17-11(2)10-21-14/h10,12,16H,4-9H2,1-3H3. The minimum atomic E-state index is -0.469. The van der Waals surface area contributed by atoms with E-state index in [-0.39, 0.29) is 5.97 Å². The van der Waals surface area contributed by atoms with E-state index in [0.29, 0.717) is 5.92 Å². The molecule has 1 aliphatic rings. The lowest BCUT2D eigenvalue weighted by atomic mass is 9.85. The minimum absolute atomic E-state index is 0.0954. The van der Waals surface area contributed by atoms with E-state index in [1.165, 1.54) is 7.11 Å². The first kappa shape index (κ1) is 16.8. The highest BCUT2D eigenvalue weighted by atomic mass is 32.2. The second kappa shape index (κ2) is 7.61. The summed E-state index contributed by atoms with van der Waals surface area (Å²) in [6, 6.07) is 0. The van der Waals surface area contributed by atoms with Gasteiger partial charge in [0.05, 0.1) is 7.11 Å². The lowest BCUT2D eigenvalue weighted by Crippen LogP contribution is -2.55. The number of aromatic nitrogens is 1. The molecule has 1 aromatic rings. The molecule has 2 unspecified atom stereocenters.